The van der Waals surface area contributed by atoms with Crippen molar-refractivity contribution >= 4 is 17.7 Å². The lowest BCUT2D eigenvalue weighted by Crippen LogP contribution is -2.34. The van der Waals surface area contributed by atoms with Crippen LogP contribution in [0, 0.1) is 13.8 Å². The number of thioether (sulfide) groups is 1. The van der Waals surface area contributed by atoms with Gasteiger partial charge < -0.3 is 4.90 Å². The van der Waals surface area contributed by atoms with Gasteiger partial charge in [-0.05, 0) is 60.9 Å². The average molecular weight is 396 g/mol. The number of aromatic nitrogens is 4. The Labute approximate surface area is 169 Å². The maximum Gasteiger partial charge on any atom is 0.240 e. The minimum atomic E-state index is -0.407. The van der Waals surface area contributed by atoms with E-state index in [1.165, 1.54) is 17.3 Å². The zero-order valence-electron chi connectivity index (χ0n) is 16.7. The predicted molar refractivity (Wildman–Crippen MR) is 112 cm³/mol. The summed E-state index contributed by atoms with van der Waals surface area (Å²) in [6.45, 7) is 9.44. The van der Waals surface area contributed by atoms with Crippen LogP contribution in [0.4, 0.5) is 0 Å². The number of hydrogen-bond acceptors (Lipinski definition) is 5. The molecule has 0 radical (unpaired) electrons. The first-order valence-electron chi connectivity index (χ1n) is 9.42. The molecule has 0 saturated carbocycles. The lowest BCUT2D eigenvalue weighted by atomic mass is 10.1. The summed E-state index contributed by atoms with van der Waals surface area (Å²) < 4.78 is 1.72. The van der Waals surface area contributed by atoms with Crippen molar-refractivity contribution in [3.8, 4) is 5.69 Å². The van der Waals surface area contributed by atoms with Crippen molar-refractivity contribution in [3.05, 3.63) is 65.2 Å². The average Bonchev–Trinajstić information content (AvgIpc) is 3.17. The molecule has 6 nitrogen and oxygen atoms in total. The van der Waals surface area contributed by atoms with Crippen molar-refractivity contribution in [1.82, 2.24) is 25.1 Å². The fraction of sp³-hybridized carbons (Fsp3) is 0.333. The highest BCUT2D eigenvalue weighted by Gasteiger charge is 2.28. The molecule has 0 N–H and O–H groups in total. The van der Waals surface area contributed by atoms with Crippen molar-refractivity contribution < 1.29 is 4.79 Å². The van der Waals surface area contributed by atoms with Gasteiger partial charge in [-0.1, -0.05) is 54.2 Å². The zero-order chi connectivity index (χ0) is 20.1. The minimum Gasteiger partial charge on any atom is -0.342 e. The molecule has 0 spiro atoms. The summed E-state index contributed by atoms with van der Waals surface area (Å²) in [7, 11) is 0. The Morgan fingerprint density at radius 2 is 1.79 bits per heavy atom. The SMILES string of the molecule is CCN(CC)C(=O)[C@@H](Sc1nnnn1-c1cccc(C)c1C)c1ccccc1. The molecule has 2 aromatic carbocycles. The molecule has 1 amide bonds. The molecule has 0 bridgehead atoms. The Bertz CT molecular complexity index is 937. The second-order valence-corrected chi connectivity index (χ2v) is 7.58. The van der Waals surface area contributed by atoms with Gasteiger partial charge in [0.15, 0.2) is 0 Å². The molecule has 0 fully saturated rings. The van der Waals surface area contributed by atoms with Gasteiger partial charge in [-0.25, -0.2) is 0 Å². The molecule has 0 aliphatic rings. The molecule has 0 unspecified atom stereocenters. The summed E-state index contributed by atoms with van der Waals surface area (Å²) in [5, 5.41) is 12.5. The van der Waals surface area contributed by atoms with E-state index in [0.717, 1.165) is 16.8 Å². The van der Waals surface area contributed by atoms with E-state index in [1.54, 1.807) is 4.68 Å². The second-order valence-electron chi connectivity index (χ2n) is 6.51. The van der Waals surface area contributed by atoms with E-state index < -0.39 is 5.25 Å². The molecule has 1 heterocycles. The molecule has 0 aliphatic heterocycles. The number of tetrazole rings is 1. The van der Waals surface area contributed by atoms with E-state index in [9.17, 15) is 4.79 Å². The van der Waals surface area contributed by atoms with Crippen LogP contribution in [-0.4, -0.2) is 44.1 Å². The molecule has 28 heavy (non-hydrogen) atoms. The standard InChI is InChI=1S/C21H25N5OS/c1-5-25(6-2)20(27)19(17-12-8-7-9-13-17)28-21-22-23-24-26(21)18-14-10-11-15(3)16(18)4/h7-14,19H,5-6H2,1-4H3/t19-/m0/s1. The fourth-order valence-corrected chi connectivity index (χ4v) is 4.14. The van der Waals surface area contributed by atoms with Gasteiger partial charge in [0.1, 0.15) is 5.25 Å². The second kappa shape index (κ2) is 9.01. The number of benzene rings is 2. The van der Waals surface area contributed by atoms with Crippen LogP contribution in [0.1, 0.15) is 35.8 Å². The molecular weight excluding hydrogens is 370 g/mol. The Hall–Kier alpha value is -2.67. The molecule has 0 aliphatic carbocycles. The number of aryl methyl sites for hydroxylation is 1. The van der Waals surface area contributed by atoms with Crippen LogP contribution in [0.25, 0.3) is 5.69 Å². The number of likely N-dealkylation sites (N-methyl/N-ethyl adjacent to an activating group) is 1. The Morgan fingerprint density at radius 3 is 2.46 bits per heavy atom. The molecule has 0 saturated heterocycles. The summed E-state index contributed by atoms with van der Waals surface area (Å²) in [5.41, 5.74) is 4.15. The van der Waals surface area contributed by atoms with Gasteiger partial charge in [0.2, 0.25) is 11.1 Å². The zero-order valence-corrected chi connectivity index (χ0v) is 17.5. The molecule has 3 rings (SSSR count). The van der Waals surface area contributed by atoms with Gasteiger partial charge in [0.05, 0.1) is 5.69 Å². The number of amides is 1. The van der Waals surface area contributed by atoms with Gasteiger partial charge in [0.25, 0.3) is 0 Å². The highest BCUT2D eigenvalue weighted by molar-refractivity contribution is 8.00. The maximum atomic E-state index is 13.2. The van der Waals surface area contributed by atoms with Crippen LogP contribution in [-0.2, 0) is 4.79 Å². The van der Waals surface area contributed by atoms with Gasteiger partial charge in [-0.3, -0.25) is 4.79 Å². The van der Waals surface area contributed by atoms with Crippen LogP contribution in [0.5, 0.6) is 0 Å². The normalized spacial score (nSPS) is 12.0. The number of carbonyl (C=O) groups is 1. The van der Waals surface area contributed by atoms with Crippen molar-refractivity contribution in [2.45, 2.75) is 38.1 Å². The first-order chi connectivity index (χ1) is 13.6. The van der Waals surface area contributed by atoms with E-state index in [2.05, 4.69) is 35.4 Å². The third kappa shape index (κ3) is 4.09. The largest absolute Gasteiger partial charge is 0.342 e. The summed E-state index contributed by atoms with van der Waals surface area (Å²) in [6.07, 6.45) is 0. The molecule has 1 aromatic heterocycles. The monoisotopic (exact) mass is 395 g/mol. The van der Waals surface area contributed by atoms with Crippen LogP contribution in [0.3, 0.4) is 0 Å². The Kier molecular flexibility index (Phi) is 6.46. The minimum absolute atomic E-state index is 0.0664. The topological polar surface area (TPSA) is 63.9 Å². The van der Waals surface area contributed by atoms with Crippen LogP contribution in [0.2, 0.25) is 0 Å². The molecule has 7 heteroatoms. The third-order valence-corrected chi connectivity index (χ3v) is 6.05. The lowest BCUT2D eigenvalue weighted by molar-refractivity contribution is -0.130. The quantitative estimate of drug-likeness (QED) is 0.566. The number of hydrogen-bond donors (Lipinski definition) is 0. The van der Waals surface area contributed by atoms with Crippen molar-refractivity contribution in [2.24, 2.45) is 0 Å². The number of nitrogens with zero attached hydrogens (tertiary/aromatic N) is 5. The van der Waals surface area contributed by atoms with Crippen LogP contribution in [0.15, 0.2) is 53.7 Å². The summed E-state index contributed by atoms with van der Waals surface area (Å²) in [6, 6.07) is 15.9. The molecule has 146 valence electrons. The van der Waals surface area contributed by atoms with E-state index >= 15 is 0 Å². The number of carbonyl (C=O) groups excluding carboxylic acids is 1. The Morgan fingerprint density at radius 1 is 1.07 bits per heavy atom. The molecule has 3 aromatic rings. The molecular formula is C21H25N5OS. The maximum absolute atomic E-state index is 13.2. The molecule has 1 atom stereocenters. The van der Waals surface area contributed by atoms with E-state index in [1.807, 2.05) is 61.2 Å². The van der Waals surface area contributed by atoms with E-state index in [-0.39, 0.29) is 5.91 Å². The van der Waals surface area contributed by atoms with Gasteiger partial charge >= 0.3 is 0 Å². The summed E-state index contributed by atoms with van der Waals surface area (Å²) in [4.78, 5) is 15.1. The first-order valence-corrected chi connectivity index (χ1v) is 10.3. The summed E-state index contributed by atoms with van der Waals surface area (Å²) in [5.74, 6) is 0.0664. The van der Waals surface area contributed by atoms with Gasteiger partial charge in [-0.2, -0.15) is 4.68 Å². The number of rotatable bonds is 7. The van der Waals surface area contributed by atoms with Crippen molar-refractivity contribution in [2.75, 3.05) is 13.1 Å². The summed E-state index contributed by atoms with van der Waals surface area (Å²) >= 11 is 1.39. The van der Waals surface area contributed by atoms with Crippen molar-refractivity contribution in [1.29, 1.82) is 0 Å². The highest BCUT2D eigenvalue weighted by atomic mass is 32.2. The van der Waals surface area contributed by atoms with Crippen LogP contribution >= 0.6 is 11.8 Å². The Balaban J connectivity index is 2.00. The van der Waals surface area contributed by atoms with E-state index in [0.29, 0.717) is 18.2 Å². The predicted octanol–water partition coefficient (Wildman–Crippen LogP) is 3.98. The highest BCUT2D eigenvalue weighted by Crippen LogP contribution is 2.36. The van der Waals surface area contributed by atoms with Gasteiger partial charge in [-0.15, -0.1) is 5.10 Å². The third-order valence-electron chi connectivity index (χ3n) is 4.87. The van der Waals surface area contributed by atoms with Gasteiger partial charge in [0, 0.05) is 13.1 Å². The van der Waals surface area contributed by atoms with Crippen molar-refractivity contribution in [3.63, 3.8) is 0 Å². The smallest absolute Gasteiger partial charge is 0.240 e. The fourth-order valence-electron chi connectivity index (χ4n) is 3.06. The van der Waals surface area contributed by atoms with Crippen LogP contribution < -0.4 is 0 Å². The lowest BCUT2D eigenvalue weighted by Gasteiger charge is -2.24. The first kappa shape index (κ1) is 20.1. The van der Waals surface area contributed by atoms with E-state index in [4.69, 9.17) is 0 Å².